The Labute approximate surface area is 121 Å². The summed E-state index contributed by atoms with van der Waals surface area (Å²) in [5.41, 5.74) is 12.3. The number of anilines is 1. The first-order chi connectivity index (χ1) is 9.74. The Kier molecular flexibility index (Phi) is 8.42. The molecule has 6 N–H and O–H groups in total. The molecular formula is C15H26N4O. The Bertz CT molecular complexity index is 378. The van der Waals surface area contributed by atoms with Gasteiger partial charge in [-0.25, -0.2) is 0 Å². The summed E-state index contributed by atoms with van der Waals surface area (Å²) in [4.78, 5) is 11.8. The molecule has 0 atom stereocenters. The van der Waals surface area contributed by atoms with Crippen molar-refractivity contribution in [3.8, 4) is 0 Å². The molecule has 1 aromatic carbocycles. The molecule has 1 aromatic rings. The van der Waals surface area contributed by atoms with Gasteiger partial charge in [0.05, 0.1) is 0 Å². The minimum absolute atomic E-state index is 0.0408. The van der Waals surface area contributed by atoms with Gasteiger partial charge in [-0.05, 0) is 69.6 Å². The van der Waals surface area contributed by atoms with Crippen molar-refractivity contribution in [2.75, 3.05) is 31.9 Å². The van der Waals surface area contributed by atoms with Gasteiger partial charge in [-0.3, -0.25) is 4.79 Å². The van der Waals surface area contributed by atoms with E-state index >= 15 is 0 Å². The first-order valence-corrected chi connectivity index (χ1v) is 7.28. The Balaban J connectivity index is 2.01. The van der Waals surface area contributed by atoms with Crippen LogP contribution in [0.1, 0.15) is 36.0 Å². The molecular weight excluding hydrogens is 252 g/mol. The van der Waals surface area contributed by atoms with Gasteiger partial charge in [-0.15, -0.1) is 0 Å². The fourth-order valence-corrected chi connectivity index (χ4v) is 1.83. The molecule has 0 bridgehead atoms. The third kappa shape index (κ3) is 7.11. The topological polar surface area (TPSA) is 93.2 Å². The smallest absolute Gasteiger partial charge is 0.251 e. The molecule has 0 aliphatic rings. The second-order valence-corrected chi connectivity index (χ2v) is 4.83. The van der Waals surface area contributed by atoms with Crippen LogP contribution in [0.5, 0.6) is 0 Å². The van der Waals surface area contributed by atoms with Crippen LogP contribution in [0.4, 0.5) is 5.69 Å². The van der Waals surface area contributed by atoms with Crippen LogP contribution >= 0.6 is 0 Å². The Morgan fingerprint density at radius 2 is 1.55 bits per heavy atom. The normalized spacial score (nSPS) is 10.4. The number of carbonyl (C=O) groups is 1. The van der Waals surface area contributed by atoms with Crippen LogP contribution in [0.25, 0.3) is 0 Å². The predicted molar refractivity (Wildman–Crippen MR) is 83.6 cm³/mol. The van der Waals surface area contributed by atoms with Crippen LogP contribution in [0, 0.1) is 0 Å². The number of hydrogen-bond donors (Lipinski definition) is 4. The number of amides is 1. The van der Waals surface area contributed by atoms with Gasteiger partial charge in [0.25, 0.3) is 5.91 Å². The SMILES string of the molecule is NCCCCNCCCCNC(=O)c1ccc(N)cc1. The molecule has 0 spiro atoms. The lowest BCUT2D eigenvalue weighted by Crippen LogP contribution is -2.25. The highest BCUT2D eigenvalue weighted by Gasteiger charge is 2.03. The highest BCUT2D eigenvalue weighted by Crippen LogP contribution is 2.05. The number of unbranched alkanes of at least 4 members (excludes halogenated alkanes) is 2. The average molecular weight is 278 g/mol. The average Bonchev–Trinajstić information content (AvgIpc) is 2.46. The lowest BCUT2D eigenvalue weighted by atomic mass is 10.2. The van der Waals surface area contributed by atoms with E-state index in [4.69, 9.17) is 11.5 Å². The van der Waals surface area contributed by atoms with Gasteiger partial charge in [0, 0.05) is 17.8 Å². The zero-order valence-electron chi connectivity index (χ0n) is 12.0. The summed E-state index contributed by atoms with van der Waals surface area (Å²) < 4.78 is 0. The summed E-state index contributed by atoms with van der Waals surface area (Å²) in [6.07, 6.45) is 4.24. The molecule has 0 aliphatic heterocycles. The van der Waals surface area contributed by atoms with Gasteiger partial charge in [0.2, 0.25) is 0 Å². The van der Waals surface area contributed by atoms with Gasteiger partial charge < -0.3 is 22.1 Å². The second kappa shape index (κ2) is 10.2. The number of carbonyl (C=O) groups excluding carboxylic acids is 1. The zero-order chi connectivity index (χ0) is 14.6. The van der Waals surface area contributed by atoms with Gasteiger partial charge in [0.15, 0.2) is 0 Å². The van der Waals surface area contributed by atoms with Crippen molar-refractivity contribution in [2.24, 2.45) is 5.73 Å². The number of hydrogen-bond acceptors (Lipinski definition) is 4. The van der Waals surface area contributed by atoms with E-state index in [2.05, 4.69) is 10.6 Å². The van der Waals surface area contributed by atoms with Gasteiger partial charge in [-0.1, -0.05) is 0 Å². The molecule has 112 valence electrons. The lowest BCUT2D eigenvalue weighted by Gasteiger charge is -2.06. The highest BCUT2D eigenvalue weighted by atomic mass is 16.1. The molecule has 5 heteroatoms. The standard InChI is InChI=1S/C15H26N4O/c16-9-1-2-10-18-11-3-4-12-19-15(20)13-5-7-14(17)8-6-13/h5-8,18H,1-4,9-12,16-17H2,(H,19,20). The molecule has 0 saturated heterocycles. The summed E-state index contributed by atoms with van der Waals surface area (Å²) in [7, 11) is 0. The molecule has 0 radical (unpaired) electrons. The van der Waals surface area contributed by atoms with E-state index in [9.17, 15) is 4.79 Å². The van der Waals surface area contributed by atoms with E-state index in [1.54, 1.807) is 24.3 Å². The van der Waals surface area contributed by atoms with Crippen molar-refractivity contribution >= 4 is 11.6 Å². The monoisotopic (exact) mass is 278 g/mol. The summed E-state index contributed by atoms with van der Waals surface area (Å²) in [5, 5.41) is 6.27. The molecule has 0 unspecified atom stereocenters. The predicted octanol–water partition coefficient (Wildman–Crippen LogP) is 1.11. The molecule has 0 aliphatic carbocycles. The largest absolute Gasteiger partial charge is 0.399 e. The molecule has 0 saturated carbocycles. The van der Waals surface area contributed by atoms with Crippen molar-refractivity contribution in [1.29, 1.82) is 0 Å². The maximum Gasteiger partial charge on any atom is 0.251 e. The third-order valence-corrected chi connectivity index (χ3v) is 3.05. The minimum Gasteiger partial charge on any atom is -0.399 e. The number of rotatable bonds is 10. The van der Waals surface area contributed by atoms with Crippen LogP contribution in [0.2, 0.25) is 0 Å². The fourth-order valence-electron chi connectivity index (χ4n) is 1.83. The third-order valence-electron chi connectivity index (χ3n) is 3.05. The Morgan fingerprint density at radius 1 is 0.950 bits per heavy atom. The number of nitrogens with two attached hydrogens (primary N) is 2. The van der Waals surface area contributed by atoms with Gasteiger partial charge >= 0.3 is 0 Å². The number of benzene rings is 1. The molecule has 5 nitrogen and oxygen atoms in total. The first kappa shape index (κ1) is 16.5. The number of nitrogen functional groups attached to an aromatic ring is 1. The van der Waals surface area contributed by atoms with Gasteiger partial charge in [0.1, 0.15) is 0 Å². The van der Waals surface area contributed by atoms with E-state index in [1.807, 2.05) is 0 Å². The van der Waals surface area contributed by atoms with Crippen molar-refractivity contribution in [3.63, 3.8) is 0 Å². The van der Waals surface area contributed by atoms with E-state index in [-0.39, 0.29) is 5.91 Å². The lowest BCUT2D eigenvalue weighted by molar-refractivity contribution is 0.0953. The molecule has 0 aromatic heterocycles. The molecule has 0 fully saturated rings. The first-order valence-electron chi connectivity index (χ1n) is 7.28. The summed E-state index contributed by atoms with van der Waals surface area (Å²) >= 11 is 0. The van der Waals surface area contributed by atoms with E-state index in [0.29, 0.717) is 17.8 Å². The van der Waals surface area contributed by atoms with Crippen LogP contribution in [0.15, 0.2) is 24.3 Å². The Morgan fingerprint density at radius 3 is 2.20 bits per heavy atom. The van der Waals surface area contributed by atoms with Crippen LogP contribution in [-0.4, -0.2) is 32.1 Å². The number of nitrogens with one attached hydrogen (secondary N) is 2. The van der Waals surface area contributed by atoms with E-state index in [1.165, 1.54) is 0 Å². The van der Waals surface area contributed by atoms with Crippen molar-refractivity contribution in [2.45, 2.75) is 25.7 Å². The van der Waals surface area contributed by atoms with Crippen molar-refractivity contribution < 1.29 is 4.79 Å². The van der Waals surface area contributed by atoms with Crippen molar-refractivity contribution in [1.82, 2.24) is 10.6 Å². The Hall–Kier alpha value is -1.59. The summed E-state index contributed by atoms with van der Waals surface area (Å²) in [6.45, 7) is 3.48. The molecule has 1 rings (SSSR count). The second-order valence-electron chi connectivity index (χ2n) is 4.83. The molecule has 1 amide bonds. The summed E-state index contributed by atoms with van der Waals surface area (Å²) in [6, 6.07) is 6.95. The minimum atomic E-state index is -0.0408. The summed E-state index contributed by atoms with van der Waals surface area (Å²) in [5.74, 6) is -0.0408. The quantitative estimate of drug-likeness (QED) is 0.381. The van der Waals surface area contributed by atoms with Gasteiger partial charge in [-0.2, -0.15) is 0 Å². The van der Waals surface area contributed by atoms with E-state index < -0.39 is 0 Å². The maximum absolute atomic E-state index is 11.8. The van der Waals surface area contributed by atoms with E-state index in [0.717, 1.165) is 45.3 Å². The molecule has 20 heavy (non-hydrogen) atoms. The molecule has 0 heterocycles. The van der Waals surface area contributed by atoms with Crippen molar-refractivity contribution in [3.05, 3.63) is 29.8 Å². The van der Waals surface area contributed by atoms with Crippen LogP contribution < -0.4 is 22.1 Å². The van der Waals surface area contributed by atoms with Crippen LogP contribution in [-0.2, 0) is 0 Å². The fraction of sp³-hybridized carbons (Fsp3) is 0.533. The van der Waals surface area contributed by atoms with Crippen LogP contribution in [0.3, 0.4) is 0 Å². The maximum atomic E-state index is 11.8. The highest BCUT2D eigenvalue weighted by molar-refractivity contribution is 5.94. The zero-order valence-corrected chi connectivity index (χ0v) is 12.0.